The Bertz CT molecular complexity index is 5330. The number of nitrogens with zero attached hydrogens (tertiary/aromatic N) is 3. The zero-order valence-corrected chi connectivity index (χ0v) is 45.6. The number of Topliss-reactive ketones (excluding diaryl/α,β-unsaturated/α-hetero) is 1. The van der Waals surface area contributed by atoms with Crippen LogP contribution in [0.3, 0.4) is 0 Å². The Morgan fingerprint density at radius 2 is 0.845 bits per heavy atom. The van der Waals surface area contributed by atoms with Gasteiger partial charge in [0.25, 0.3) is 5.56 Å². The Hall–Kier alpha value is -11.4. The van der Waals surface area contributed by atoms with Crippen molar-refractivity contribution in [1.82, 2.24) is 9.38 Å². The fourth-order valence-electron chi connectivity index (χ4n) is 12.0. The maximum Gasteiger partial charge on any atom is 0.264 e. The molecule has 0 aliphatic carbocycles. The first kappa shape index (κ1) is 49.6. The number of aromatic nitrogens is 2. The van der Waals surface area contributed by atoms with Crippen molar-refractivity contribution in [2.75, 3.05) is 22.9 Å². The van der Waals surface area contributed by atoms with E-state index >= 15 is 4.79 Å². The molecule has 0 aliphatic rings. The molecular weight excluding hydrogens is 1050 g/mol. The predicted octanol–water partition coefficient (Wildman–Crippen LogP) is 16.9. The summed E-state index contributed by atoms with van der Waals surface area (Å²) in [6.45, 7) is 5.52. The lowest BCUT2D eigenvalue weighted by atomic mass is 9.82. The van der Waals surface area contributed by atoms with Crippen molar-refractivity contribution in [2.45, 2.75) is 20.8 Å². The fraction of sp³-hybridized carbons (Fsp3) is 0.0423. The fourth-order valence-corrected chi connectivity index (χ4v) is 12.0. The van der Waals surface area contributed by atoms with E-state index in [2.05, 4.69) is 24.3 Å². The predicted molar refractivity (Wildman–Crippen MR) is 341 cm³/mol. The third-order valence-corrected chi connectivity index (χ3v) is 15.9. The van der Waals surface area contributed by atoms with E-state index in [9.17, 15) is 4.79 Å². The quantitative estimate of drug-likeness (QED) is 0.0315. The molecule has 2 aromatic heterocycles. The first-order valence-electron chi connectivity index (χ1n) is 27.3. The minimum Gasteiger partial charge on any atom is -0.457 e. The molecule has 0 atom stereocenters. The van der Waals surface area contributed by atoms with Crippen molar-refractivity contribution in [3.8, 4) is 46.0 Å². The van der Waals surface area contributed by atoms with E-state index in [-0.39, 0.29) is 11.3 Å². The zero-order valence-electron chi connectivity index (χ0n) is 45.6. The highest BCUT2D eigenvalue weighted by Crippen LogP contribution is 2.57. The molecular formula is C71H49N7O6. The molecule has 0 saturated carbocycles. The number of pyridine rings is 1. The molecule has 2 heterocycles. The third kappa shape index (κ3) is 8.00. The average Bonchev–Trinajstić information content (AvgIpc) is 1.10. The van der Waals surface area contributed by atoms with Gasteiger partial charge in [-0.25, -0.2) is 4.98 Å². The van der Waals surface area contributed by atoms with Crippen LogP contribution in [0.2, 0.25) is 0 Å². The number of hydrogen-bond donors (Lipinski definition) is 4. The molecule has 0 fully saturated rings. The number of aryl methyl sites for hydroxylation is 1. The maximum atomic E-state index is 16.0. The second-order valence-corrected chi connectivity index (χ2v) is 21.4. The molecule has 13 nitrogen and oxygen atoms in total. The van der Waals surface area contributed by atoms with E-state index in [0.717, 1.165) is 32.8 Å². The molecule has 8 N–H and O–H groups in total. The first-order chi connectivity index (χ1) is 40.8. The van der Waals surface area contributed by atoms with Crippen LogP contribution < -0.4 is 47.4 Å². The Morgan fingerprint density at radius 3 is 1.32 bits per heavy atom. The van der Waals surface area contributed by atoms with Gasteiger partial charge in [0.15, 0.2) is 5.78 Å². The highest BCUT2D eigenvalue weighted by molar-refractivity contribution is 6.44. The molecule has 0 spiro atoms. The van der Waals surface area contributed by atoms with Crippen LogP contribution in [-0.2, 0) is 0 Å². The van der Waals surface area contributed by atoms with Gasteiger partial charge >= 0.3 is 0 Å². The third-order valence-electron chi connectivity index (χ3n) is 15.9. The van der Waals surface area contributed by atoms with Gasteiger partial charge in [-0.15, -0.1) is 0 Å². The van der Waals surface area contributed by atoms with Crippen molar-refractivity contribution < 1.29 is 23.7 Å². The Kier molecular flexibility index (Phi) is 11.1. The van der Waals surface area contributed by atoms with Gasteiger partial charge < -0.3 is 41.9 Å². The summed E-state index contributed by atoms with van der Waals surface area (Å²) in [4.78, 5) is 41.6. The molecule has 13 aromatic carbocycles. The van der Waals surface area contributed by atoms with Gasteiger partial charge in [-0.3, -0.25) is 19.0 Å². The zero-order chi connectivity index (χ0) is 57.2. The van der Waals surface area contributed by atoms with Gasteiger partial charge in [0, 0.05) is 88.1 Å². The second-order valence-electron chi connectivity index (χ2n) is 21.4. The number of carbonyl (C=O) groups is 1. The van der Waals surface area contributed by atoms with E-state index in [1.807, 2.05) is 74.5 Å². The monoisotopic (exact) mass is 1100 g/mol. The Morgan fingerprint density at radius 1 is 0.440 bits per heavy atom. The SMILES string of the molecule is CC(=O)c1cc(Oc2ccc(N)cc2)c2c3c(Oc4ccc(N)cc4)cc4c5c(cc(Oc6ccc(N)cc6)c(c6c(Oc7ccc(N)cc7)cc(C(C)=Nc7cc8ccccc8cc7C)c1c62)c35)c(=O)n1c2cc3ccccc3cc2nc41. The van der Waals surface area contributed by atoms with Gasteiger partial charge in [-0.2, -0.15) is 0 Å². The number of rotatable bonds is 11. The summed E-state index contributed by atoms with van der Waals surface area (Å²) >= 11 is 0. The summed E-state index contributed by atoms with van der Waals surface area (Å²) in [7, 11) is 0. The molecule has 13 heteroatoms. The summed E-state index contributed by atoms with van der Waals surface area (Å²) in [5, 5.41) is 9.34. The lowest BCUT2D eigenvalue weighted by Gasteiger charge is -2.26. The molecule has 0 aliphatic heterocycles. The van der Waals surface area contributed by atoms with Crippen LogP contribution in [0.25, 0.3) is 92.1 Å². The number of imidazole rings is 1. The minimum absolute atomic E-state index is 0.248. The van der Waals surface area contributed by atoms with Crippen molar-refractivity contribution in [3.63, 3.8) is 0 Å². The molecule has 84 heavy (non-hydrogen) atoms. The molecule has 0 unspecified atom stereocenters. The van der Waals surface area contributed by atoms with E-state index in [1.54, 1.807) is 121 Å². The standard InChI is InChI=1S/C71H49N7O6/c1-36-28-39-8-4-5-9-40(39)29-55(36)76-37(2)51-32-58(81-47-20-12-43(72)13-21-47)64-67-61(84-50-26-18-46(75)19-27-50)35-54-63-53(70-77-56-30-41-10-6-7-11-42(41)31-57(56)78(70)71(54)80)34-60(83-49-24-16-45(74)17-25-49)66(69(63)67)65-59(82-48-22-14-44(73)15-23-48)33-52(38(3)79)62(51)68(64)65/h4-35H,72-75H2,1-3H3. The summed E-state index contributed by atoms with van der Waals surface area (Å²) in [6.07, 6.45) is 0. The molecule has 15 aromatic rings. The Labute approximate surface area is 478 Å². The van der Waals surface area contributed by atoms with Gasteiger partial charge in [-0.1, -0.05) is 48.5 Å². The number of benzene rings is 13. The molecule has 15 rings (SSSR count). The molecule has 0 radical (unpaired) electrons. The highest BCUT2D eigenvalue weighted by Gasteiger charge is 2.33. The lowest BCUT2D eigenvalue weighted by Crippen LogP contribution is -2.14. The van der Waals surface area contributed by atoms with E-state index in [1.165, 1.54) is 0 Å². The van der Waals surface area contributed by atoms with Crippen LogP contribution in [0.4, 0.5) is 28.4 Å². The van der Waals surface area contributed by atoms with Crippen molar-refractivity contribution >= 4 is 132 Å². The largest absolute Gasteiger partial charge is 0.457 e. The van der Waals surface area contributed by atoms with Gasteiger partial charge in [0.2, 0.25) is 0 Å². The van der Waals surface area contributed by atoms with Crippen LogP contribution >= 0.6 is 0 Å². The van der Waals surface area contributed by atoms with Gasteiger partial charge in [0.1, 0.15) is 51.6 Å². The average molecular weight is 1100 g/mol. The topological polar surface area (TPSA) is 205 Å². The normalized spacial score (nSPS) is 12.1. The van der Waals surface area contributed by atoms with Crippen LogP contribution in [0.5, 0.6) is 46.0 Å². The van der Waals surface area contributed by atoms with E-state index in [4.69, 9.17) is 51.9 Å². The number of hydrogen-bond acceptors (Lipinski definition) is 12. The number of aliphatic imine (C=N–C) groups is 1. The van der Waals surface area contributed by atoms with Crippen LogP contribution in [0, 0.1) is 6.92 Å². The summed E-state index contributed by atoms with van der Waals surface area (Å²) in [5.74, 6) is 2.87. The minimum atomic E-state index is -0.326. The highest BCUT2D eigenvalue weighted by atomic mass is 16.5. The number of ether oxygens (including phenoxy) is 4. The summed E-state index contributed by atoms with van der Waals surface area (Å²) in [6, 6.07) is 60.3. The molecule has 0 amide bonds. The first-order valence-corrected chi connectivity index (χ1v) is 27.3. The second kappa shape index (κ2) is 18.8. The van der Waals surface area contributed by atoms with Crippen molar-refractivity contribution in [2.24, 2.45) is 4.99 Å². The maximum absolute atomic E-state index is 16.0. The summed E-state index contributed by atoms with van der Waals surface area (Å²) < 4.78 is 30.5. The van der Waals surface area contributed by atoms with Crippen LogP contribution in [0.1, 0.15) is 35.3 Å². The number of ketones is 1. The molecule has 0 bridgehead atoms. The van der Waals surface area contributed by atoms with Crippen LogP contribution in [0.15, 0.2) is 204 Å². The van der Waals surface area contributed by atoms with Crippen LogP contribution in [-0.4, -0.2) is 20.9 Å². The Balaban J connectivity index is 1.20. The number of nitrogen functional groups attached to an aromatic ring is 4. The molecule has 0 saturated heterocycles. The number of nitrogens with two attached hydrogens (primary N) is 4. The van der Waals surface area contributed by atoms with Crippen molar-refractivity contribution in [1.29, 1.82) is 0 Å². The van der Waals surface area contributed by atoms with Gasteiger partial charge in [-0.05, 0) is 193 Å². The van der Waals surface area contributed by atoms with Crippen molar-refractivity contribution in [3.05, 3.63) is 221 Å². The molecule has 404 valence electrons. The number of fused-ring (bicyclic) bond motifs is 8. The number of anilines is 4. The van der Waals surface area contributed by atoms with Gasteiger partial charge in [0.05, 0.1) is 22.1 Å². The summed E-state index contributed by atoms with van der Waals surface area (Å²) in [5.41, 5.74) is 32.0. The van der Waals surface area contributed by atoms with E-state index < -0.39 is 0 Å². The number of carbonyl (C=O) groups excluding carboxylic acids is 1. The van der Waals surface area contributed by atoms with E-state index in [0.29, 0.717) is 156 Å². The smallest absolute Gasteiger partial charge is 0.264 e. The lowest BCUT2D eigenvalue weighted by molar-refractivity contribution is 0.101.